The lowest BCUT2D eigenvalue weighted by Crippen LogP contribution is -2.37. The summed E-state index contributed by atoms with van der Waals surface area (Å²) in [5.41, 5.74) is -0.811. The molecule has 0 saturated heterocycles. The van der Waals surface area contributed by atoms with Gasteiger partial charge >= 0.3 is 5.97 Å². The van der Waals surface area contributed by atoms with Crippen LogP contribution >= 0.6 is 0 Å². The second-order valence-electron chi connectivity index (χ2n) is 5.54. The Labute approximate surface area is 159 Å². The van der Waals surface area contributed by atoms with Gasteiger partial charge in [-0.3, -0.25) is 29.3 Å². The number of non-ortho nitro benzene ring substituents is 1. The second kappa shape index (κ2) is 8.00. The number of carbonyl (C=O) groups excluding carboxylic acids is 1. The number of rotatable bonds is 7. The van der Waals surface area contributed by atoms with Gasteiger partial charge in [0.15, 0.2) is 4.90 Å². The number of esters is 1. The molecule has 0 aromatic heterocycles. The summed E-state index contributed by atoms with van der Waals surface area (Å²) in [6.07, 6.45) is 0. The van der Waals surface area contributed by atoms with E-state index in [4.69, 9.17) is 0 Å². The number of carbonyl (C=O) groups is 1. The average Bonchev–Trinajstić information content (AvgIpc) is 2.65. The first-order valence-electron chi connectivity index (χ1n) is 7.67. The number of sulfonamides is 1. The van der Waals surface area contributed by atoms with E-state index in [1.165, 1.54) is 19.1 Å². The molecule has 2 rings (SSSR count). The van der Waals surface area contributed by atoms with E-state index in [9.17, 15) is 33.4 Å². The van der Waals surface area contributed by atoms with Crippen molar-refractivity contribution in [2.24, 2.45) is 0 Å². The third-order valence-corrected chi connectivity index (χ3v) is 5.60. The number of para-hydroxylation sites is 1. The summed E-state index contributed by atoms with van der Waals surface area (Å²) < 4.78 is 31.5. The number of benzene rings is 2. The van der Waals surface area contributed by atoms with Gasteiger partial charge in [-0.1, -0.05) is 12.1 Å². The van der Waals surface area contributed by atoms with Crippen molar-refractivity contribution in [1.82, 2.24) is 0 Å². The Morgan fingerprint density at radius 2 is 1.75 bits per heavy atom. The minimum Gasteiger partial charge on any atom is -0.468 e. The lowest BCUT2D eigenvalue weighted by atomic mass is 10.2. The third-order valence-electron chi connectivity index (χ3n) is 3.79. The summed E-state index contributed by atoms with van der Waals surface area (Å²) in [6.45, 7) is 0.644. The standard InChI is InChI=1S/C16H15N3O8S/c1-11-9-12(18(21)22)7-8-13(11)17(10-16(20)27-2)28(25,26)15-6-4-3-5-14(15)19(23)24/h3-9H,10H2,1-2H3. The van der Waals surface area contributed by atoms with Gasteiger partial charge in [0.1, 0.15) is 6.54 Å². The van der Waals surface area contributed by atoms with E-state index < -0.39 is 43.0 Å². The zero-order chi connectivity index (χ0) is 21.1. The van der Waals surface area contributed by atoms with E-state index in [2.05, 4.69) is 4.74 Å². The second-order valence-corrected chi connectivity index (χ2v) is 7.37. The maximum absolute atomic E-state index is 13.2. The lowest BCUT2D eigenvalue weighted by Gasteiger charge is -2.24. The smallest absolute Gasteiger partial charge is 0.326 e. The summed E-state index contributed by atoms with van der Waals surface area (Å²) in [5.74, 6) is -0.917. The molecule has 0 heterocycles. The molecule has 2 aromatic rings. The van der Waals surface area contributed by atoms with E-state index in [0.717, 1.165) is 37.4 Å². The minimum absolute atomic E-state index is 0.0471. The number of nitro groups is 2. The number of nitro benzene ring substituents is 2. The van der Waals surface area contributed by atoms with Gasteiger partial charge < -0.3 is 4.74 Å². The SMILES string of the molecule is COC(=O)CN(c1ccc([N+](=O)[O-])cc1C)S(=O)(=O)c1ccccc1[N+](=O)[O-]. The molecule has 0 saturated carbocycles. The normalized spacial score (nSPS) is 10.9. The molecule has 0 N–H and O–H groups in total. The highest BCUT2D eigenvalue weighted by molar-refractivity contribution is 7.93. The van der Waals surface area contributed by atoms with Gasteiger partial charge in [-0.2, -0.15) is 0 Å². The van der Waals surface area contributed by atoms with Crippen LogP contribution in [0.4, 0.5) is 17.1 Å². The summed E-state index contributed by atoms with van der Waals surface area (Å²) >= 11 is 0. The van der Waals surface area contributed by atoms with Crippen LogP contribution in [0.2, 0.25) is 0 Å². The Balaban J connectivity index is 2.69. The first-order valence-corrected chi connectivity index (χ1v) is 9.11. The summed E-state index contributed by atoms with van der Waals surface area (Å²) in [6, 6.07) is 8.03. The zero-order valence-corrected chi connectivity index (χ0v) is 15.6. The molecule has 0 spiro atoms. The molecule has 0 aliphatic heterocycles. The van der Waals surface area contributed by atoms with E-state index >= 15 is 0 Å². The van der Waals surface area contributed by atoms with Gasteiger partial charge in [0.05, 0.1) is 22.6 Å². The van der Waals surface area contributed by atoms with Gasteiger partial charge in [0.2, 0.25) is 0 Å². The van der Waals surface area contributed by atoms with Crippen LogP contribution in [0.25, 0.3) is 0 Å². The van der Waals surface area contributed by atoms with Crippen LogP contribution in [0.3, 0.4) is 0 Å². The number of aryl methyl sites for hydroxylation is 1. The lowest BCUT2D eigenvalue weighted by molar-refractivity contribution is -0.387. The van der Waals surface area contributed by atoms with Crippen molar-refractivity contribution in [3.05, 3.63) is 68.3 Å². The number of anilines is 1. The van der Waals surface area contributed by atoms with Gasteiger partial charge in [-0.05, 0) is 24.6 Å². The topological polar surface area (TPSA) is 150 Å². The fourth-order valence-electron chi connectivity index (χ4n) is 2.46. The Morgan fingerprint density at radius 1 is 1.11 bits per heavy atom. The molecular weight excluding hydrogens is 394 g/mol. The molecule has 0 unspecified atom stereocenters. The molecule has 0 atom stereocenters. The monoisotopic (exact) mass is 409 g/mol. The van der Waals surface area contributed by atoms with Crippen LogP contribution in [0.5, 0.6) is 0 Å². The Kier molecular flexibility index (Phi) is 5.93. The van der Waals surface area contributed by atoms with Gasteiger partial charge in [0.25, 0.3) is 21.4 Å². The number of hydrogen-bond acceptors (Lipinski definition) is 8. The average molecular weight is 409 g/mol. The van der Waals surface area contributed by atoms with Crippen LogP contribution in [0.1, 0.15) is 5.56 Å². The van der Waals surface area contributed by atoms with E-state index in [1.54, 1.807) is 0 Å². The van der Waals surface area contributed by atoms with Crippen molar-refractivity contribution >= 4 is 33.1 Å². The number of ether oxygens (including phenoxy) is 1. The molecule has 28 heavy (non-hydrogen) atoms. The first-order chi connectivity index (χ1) is 13.1. The highest BCUT2D eigenvalue weighted by Crippen LogP contribution is 2.32. The predicted octanol–water partition coefficient (Wildman–Crippen LogP) is 2.18. The molecule has 148 valence electrons. The fourth-order valence-corrected chi connectivity index (χ4v) is 4.09. The van der Waals surface area contributed by atoms with E-state index in [1.807, 2.05) is 0 Å². The first kappa shape index (κ1) is 20.8. The van der Waals surface area contributed by atoms with Gasteiger partial charge in [-0.25, -0.2) is 8.42 Å². The van der Waals surface area contributed by atoms with Crippen LogP contribution in [-0.2, 0) is 19.6 Å². The Bertz CT molecular complexity index is 1050. The Hall–Kier alpha value is -3.54. The highest BCUT2D eigenvalue weighted by atomic mass is 32.2. The van der Waals surface area contributed by atoms with E-state index in [-0.39, 0.29) is 16.9 Å². The fraction of sp³-hybridized carbons (Fsp3) is 0.188. The van der Waals surface area contributed by atoms with Gasteiger partial charge in [0, 0.05) is 18.2 Å². The molecule has 0 radical (unpaired) electrons. The molecule has 0 aliphatic carbocycles. The largest absolute Gasteiger partial charge is 0.468 e. The maximum Gasteiger partial charge on any atom is 0.326 e. The molecule has 2 aromatic carbocycles. The molecule has 0 fully saturated rings. The molecule has 11 nitrogen and oxygen atoms in total. The van der Waals surface area contributed by atoms with Crippen molar-refractivity contribution in [3.63, 3.8) is 0 Å². The maximum atomic E-state index is 13.2. The van der Waals surface area contributed by atoms with Crippen molar-refractivity contribution < 1.29 is 27.8 Å². The molecule has 0 bridgehead atoms. The number of nitrogens with zero attached hydrogens (tertiary/aromatic N) is 3. The molecule has 12 heteroatoms. The van der Waals surface area contributed by atoms with Crippen molar-refractivity contribution in [1.29, 1.82) is 0 Å². The molecular formula is C16H15N3O8S. The summed E-state index contributed by atoms with van der Waals surface area (Å²) in [5, 5.41) is 22.2. The van der Waals surface area contributed by atoms with Crippen LogP contribution in [-0.4, -0.2) is 37.9 Å². The summed E-state index contributed by atoms with van der Waals surface area (Å²) in [7, 11) is -3.51. The van der Waals surface area contributed by atoms with Gasteiger partial charge in [-0.15, -0.1) is 0 Å². The minimum atomic E-state index is -4.57. The molecule has 0 aliphatic rings. The third kappa shape index (κ3) is 4.06. The predicted molar refractivity (Wildman–Crippen MR) is 97.5 cm³/mol. The van der Waals surface area contributed by atoms with Crippen LogP contribution < -0.4 is 4.31 Å². The number of methoxy groups -OCH3 is 1. The highest BCUT2D eigenvalue weighted by Gasteiger charge is 2.34. The molecule has 0 amide bonds. The van der Waals surface area contributed by atoms with Crippen LogP contribution in [0, 0.1) is 27.2 Å². The van der Waals surface area contributed by atoms with Crippen molar-refractivity contribution in [2.45, 2.75) is 11.8 Å². The summed E-state index contributed by atoms with van der Waals surface area (Å²) in [4.78, 5) is 31.8. The van der Waals surface area contributed by atoms with Crippen molar-refractivity contribution in [3.8, 4) is 0 Å². The zero-order valence-electron chi connectivity index (χ0n) is 14.8. The van der Waals surface area contributed by atoms with Crippen LogP contribution in [0.15, 0.2) is 47.4 Å². The van der Waals surface area contributed by atoms with Crippen molar-refractivity contribution in [2.75, 3.05) is 18.0 Å². The number of hydrogen-bond donors (Lipinski definition) is 0. The quantitative estimate of drug-likeness (QED) is 0.383. The van der Waals surface area contributed by atoms with E-state index in [0.29, 0.717) is 4.31 Å². The Morgan fingerprint density at radius 3 is 2.29 bits per heavy atom.